The summed E-state index contributed by atoms with van der Waals surface area (Å²) in [5, 5.41) is 0. The lowest BCUT2D eigenvalue weighted by Crippen LogP contribution is -2.30. The second-order valence-electron chi connectivity index (χ2n) is 20.9. The van der Waals surface area contributed by atoms with Crippen LogP contribution in [0.25, 0.3) is 0 Å². The molecule has 438 valence electrons. The number of carbonyl (C=O) groups excluding carboxylic acids is 3. The number of allylic oxidation sites excluding steroid dienone is 20. The van der Waals surface area contributed by atoms with Gasteiger partial charge >= 0.3 is 17.9 Å². The number of rotatable bonds is 57. The van der Waals surface area contributed by atoms with E-state index in [-0.39, 0.29) is 31.1 Å². The maximum atomic E-state index is 12.8. The minimum atomic E-state index is -0.791. The average molecular weight is 1070 g/mol. The molecule has 1 unspecified atom stereocenters. The van der Waals surface area contributed by atoms with Crippen LogP contribution in [0.2, 0.25) is 0 Å². The third-order valence-corrected chi connectivity index (χ3v) is 13.4. The number of esters is 3. The van der Waals surface area contributed by atoms with Crippen molar-refractivity contribution in [3.8, 4) is 0 Å². The quantitative estimate of drug-likeness (QED) is 0.0261. The molecule has 0 aromatic rings. The first kappa shape index (κ1) is 72.8. The van der Waals surface area contributed by atoms with E-state index in [4.69, 9.17) is 14.2 Å². The van der Waals surface area contributed by atoms with Crippen molar-refractivity contribution in [3.63, 3.8) is 0 Å². The fourth-order valence-corrected chi connectivity index (χ4v) is 8.62. The molecular weight excluding hydrogens is 949 g/mol. The molecule has 0 aromatic carbocycles. The van der Waals surface area contributed by atoms with Crippen LogP contribution in [0.1, 0.15) is 290 Å². The highest BCUT2D eigenvalue weighted by atomic mass is 16.6. The van der Waals surface area contributed by atoms with Crippen LogP contribution < -0.4 is 0 Å². The Morgan fingerprint density at radius 2 is 0.506 bits per heavy atom. The molecule has 0 aromatic heterocycles. The van der Waals surface area contributed by atoms with Crippen LogP contribution in [0.15, 0.2) is 122 Å². The zero-order valence-corrected chi connectivity index (χ0v) is 50.2. The van der Waals surface area contributed by atoms with E-state index in [1.807, 2.05) is 0 Å². The lowest BCUT2D eigenvalue weighted by Gasteiger charge is -2.18. The Hall–Kier alpha value is -4.19. The van der Waals surface area contributed by atoms with Crippen molar-refractivity contribution in [1.82, 2.24) is 0 Å². The van der Waals surface area contributed by atoms with Crippen molar-refractivity contribution < 1.29 is 28.6 Å². The predicted molar refractivity (Wildman–Crippen MR) is 334 cm³/mol. The number of ether oxygens (including phenoxy) is 3. The summed E-state index contributed by atoms with van der Waals surface area (Å²) >= 11 is 0. The Labute approximate surface area is 475 Å². The first-order valence-corrected chi connectivity index (χ1v) is 32.0. The summed E-state index contributed by atoms with van der Waals surface area (Å²) in [6.45, 7) is 6.48. The molecule has 6 heteroatoms. The molecule has 0 amide bonds. The largest absolute Gasteiger partial charge is 0.462 e. The van der Waals surface area contributed by atoms with Crippen molar-refractivity contribution >= 4 is 17.9 Å². The fourth-order valence-electron chi connectivity index (χ4n) is 8.62. The molecule has 0 rings (SSSR count). The van der Waals surface area contributed by atoms with Gasteiger partial charge in [-0.05, 0) is 135 Å². The van der Waals surface area contributed by atoms with Crippen molar-refractivity contribution in [2.75, 3.05) is 13.2 Å². The van der Waals surface area contributed by atoms with Gasteiger partial charge in [-0.3, -0.25) is 14.4 Å². The van der Waals surface area contributed by atoms with E-state index in [2.05, 4.69) is 142 Å². The molecule has 0 spiro atoms. The van der Waals surface area contributed by atoms with Crippen LogP contribution >= 0.6 is 0 Å². The van der Waals surface area contributed by atoms with Crippen LogP contribution in [0.3, 0.4) is 0 Å². The maximum Gasteiger partial charge on any atom is 0.306 e. The third kappa shape index (κ3) is 62.5. The summed E-state index contributed by atoms with van der Waals surface area (Å²) in [4.78, 5) is 38.2. The minimum Gasteiger partial charge on any atom is -0.462 e. The topological polar surface area (TPSA) is 78.9 Å². The molecule has 0 saturated carbocycles. The van der Waals surface area contributed by atoms with E-state index in [0.29, 0.717) is 19.3 Å². The Bertz CT molecular complexity index is 1600. The van der Waals surface area contributed by atoms with E-state index in [1.54, 1.807) is 0 Å². The number of carbonyl (C=O) groups is 3. The Kier molecular flexibility index (Phi) is 60.8. The van der Waals surface area contributed by atoms with E-state index in [9.17, 15) is 14.4 Å². The third-order valence-electron chi connectivity index (χ3n) is 13.4. The summed E-state index contributed by atoms with van der Waals surface area (Å²) in [6, 6.07) is 0. The van der Waals surface area contributed by atoms with E-state index < -0.39 is 6.10 Å². The van der Waals surface area contributed by atoms with Gasteiger partial charge in [-0.1, -0.05) is 258 Å². The SMILES string of the molecule is CC/C=C\C/C=C\C/C=C\C/C=C\C/C=C\C/C=C\C/C=C\C/C=C\CCCCCCCCCCC(=O)OCC(COC(=O)CCCCCCC/C=C\CCCCCC)OC(=O)CCCCCCC/C=C\CCCCCC. The molecule has 6 nitrogen and oxygen atoms in total. The number of hydrogen-bond donors (Lipinski definition) is 0. The van der Waals surface area contributed by atoms with Gasteiger partial charge in [-0.25, -0.2) is 0 Å². The van der Waals surface area contributed by atoms with E-state index >= 15 is 0 Å². The Balaban J connectivity index is 4.25. The second-order valence-corrected chi connectivity index (χ2v) is 20.9. The molecule has 0 heterocycles. The summed E-state index contributed by atoms with van der Waals surface area (Å²) in [5.41, 5.74) is 0. The molecule has 0 saturated heterocycles. The molecule has 0 radical (unpaired) electrons. The second kappa shape index (κ2) is 64.3. The van der Waals surface area contributed by atoms with Crippen LogP contribution in [-0.4, -0.2) is 37.2 Å². The molecular formula is C71H118O6. The first-order valence-electron chi connectivity index (χ1n) is 32.0. The lowest BCUT2D eigenvalue weighted by atomic mass is 10.1. The van der Waals surface area contributed by atoms with Gasteiger partial charge in [0.25, 0.3) is 0 Å². The molecule has 1 atom stereocenters. The molecule has 0 fully saturated rings. The zero-order valence-electron chi connectivity index (χ0n) is 50.2. The van der Waals surface area contributed by atoms with Gasteiger partial charge in [0.1, 0.15) is 13.2 Å². The smallest absolute Gasteiger partial charge is 0.306 e. The van der Waals surface area contributed by atoms with Gasteiger partial charge in [0.2, 0.25) is 0 Å². The van der Waals surface area contributed by atoms with Crippen LogP contribution in [0, 0.1) is 0 Å². The van der Waals surface area contributed by atoms with E-state index in [1.165, 1.54) is 116 Å². The highest BCUT2D eigenvalue weighted by Gasteiger charge is 2.19. The average Bonchev–Trinajstić information content (AvgIpc) is 3.43. The molecule has 0 aliphatic carbocycles. The summed E-state index contributed by atoms with van der Waals surface area (Å²) in [6.07, 6.45) is 89.2. The molecule has 0 aliphatic rings. The van der Waals surface area contributed by atoms with Crippen LogP contribution in [-0.2, 0) is 28.6 Å². The van der Waals surface area contributed by atoms with Crippen LogP contribution in [0.4, 0.5) is 0 Å². The summed E-state index contributed by atoms with van der Waals surface area (Å²) < 4.78 is 16.9. The standard InChI is InChI=1S/C71H118O6/c1-4-7-10-13-16-19-22-25-26-27-28-29-30-31-32-33-34-35-36-37-38-39-40-41-42-43-44-47-49-52-55-58-61-64-70(73)76-67-68(77-71(74)65-62-59-56-53-50-46-24-21-18-15-12-9-6-3)66-75-69(72)63-60-57-54-51-48-45-23-20-17-14-11-8-5-2/h7,10,16,19-21,23-26,28-29,31-32,34-35,37-38,40-41,68H,4-6,8-9,11-15,17-18,22,27,30,33,36,39,42-67H2,1-3H3/b10-7-,19-16-,23-20-,24-21-,26-25-,29-28-,32-31-,35-34-,38-37-,41-40-. The van der Waals surface area contributed by atoms with Gasteiger partial charge in [0.05, 0.1) is 0 Å². The Morgan fingerprint density at radius 3 is 0.805 bits per heavy atom. The predicted octanol–water partition coefficient (Wildman–Crippen LogP) is 22.0. The fraction of sp³-hybridized carbons (Fsp3) is 0.676. The highest BCUT2D eigenvalue weighted by Crippen LogP contribution is 2.15. The first-order chi connectivity index (χ1) is 38.0. The van der Waals surface area contributed by atoms with Crippen molar-refractivity contribution in [3.05, 3.63) is 122 Å². The molecule has 77 heavy (non-hydrogen) atoms. The van der Waals surface area contributed by atoms with Gasteiger partial charge in [0, 0.05) is 19.3 Å². The maximum absolute atomic E-state index is 12.8. The Morgan fingerprint density at radius 1 is 0.273 bits per heavy atom. The summed E-state index contributed by atoms with van der Waals surface area (Å²) in [7, 11) is 0. The normalized spacial score (nSPS) is 12.9. The van der Waals surface area contributed by atoms with Gasteiger partial charge < -0.3 is 14.2 Å². The molecule has 0 aliphatic heterocycles. The number of unbranched alkanes of at least 4 members (excludes halogenated alkanes) is 26. The summed E-state index contributed by atoms with van der Waals surface area (Å²) in [5.74, 6) is -0.911. The monoisotopic (exact) mass is 1070 g/mol. The zero-order chi connectivity index (χ0) is 55.7. The van der Waals surface area contributed by atoms with Gasteiger partial charge in [-0.15, -0.1) is 0 Å². The van der Waals surface area contributed by atoms with Crippen molar-refractivity contribution in [2.24, 2.45) is 0 Å². The highest BCUT2D eigenvalue weighted by molar-refractivity contribution is 5.71. The van der Waals surface area contributed by atoms with Crippen LogP contribution in [0.5, 0.6) is 0 Å². The molecule has 0 bridgehead atoms. The van der Waals surface area contributed by atoms with Crippen molar-refractivity contribution in [2.45, 2.75) is 297 Å². The molecule has 0 N–H and O–H groups in total. The van der Waals surface area contributed by atoms with Crippen molar-refractivity contribution in [1.29, 1.82) is 0 Å². The minimum absolute atomic E-state index is 0.0886. The lowest BCUT2D eigenvalue weighted by molar-refractivity contribution is -0.167. The van der Waals surface area contributed by atoms with Gasteiger partial charge in [-0.2, -0.15) is 0 Å². The van der Waals surface area contributed by atoms with Gasteiger partial charge in [0.15, 0.2) is 6.10 Å². The van der Waals surface area contributed by atoms with E-state index in [0.717, 1.165) is 135 Å². The number of hydrogen-bond acceptors (Lipinski definition) is 6.